The molecule has 1 N–H and O–H groups in total. The number of benzene rings is 2. The summed E-state index contributed by atoms with van der Waals surface area (Å²) in [7, 11) is -3.70. The number of ether oxygens (including phenoxy) is 2. The van der Waals surface area contributed by atoms with Crippen molar-refractivity contribution in [3.8, 4) is 0 Å². The van der Waals surface area contributed by atoms with Gasteiger partial charge in [0.1, 0.15) is 0 Å². The molecule has 0 saturated carbocycles. The minimum absolute atomic E-state index is 0.0636. The van der Waals surface area contributed by atoms with Gasteiger partial charge in [0, 0.05) is 30.3 Å². The van der Waals surface area contributed by atoms with Crippen molar-refractivity contribution in [3.05, 3.63) is 59.2 Å². The number of carbonyl (C=O) groups excluding carboxylic acids is 1. The fraction of sp³-hybridized carbons (Fsp3) is 0.435. The van der Waals surface area contributed by atoms with Gasteiger partial charge in [0.2, 0.25) is 0 Å². The molecular weight excluding hydrogens is 416 g/mol. The smallest absolute Gasteiger partial charge is 0.261 e. The van der Waals surface area contributed by atoms with E-state index in [-0.39, 0.29) is 23.0 Å². The van der Waals surface area contributed by atoms with E-state index in [4.69, 9.17) is 9.47 Å². The third kappa shape index (κ3) is 4.92. The van der Waals surface area contributed by atoms with Crippen LogP contribution in [-0.2, 0) is 19.5 Å². The maximum absolute atomic E-state index is 13.0. The first-order valence-corrected chi connectivity index (χ1v) is 12.0. The van der Waals surface area contributed by atoms with Crippen LogP contribution >= 0.6 is 0 Å². The molecule has 0 bridgehead atoms. The van der Waals surface area contributed by atoms with Crippen LogP contribution in [-0.4, -0.2) is 51.8 Å². The second kappa shape index (κ2) is 8.98. The van der Waals surface area contributed by atoms with E-state index in [9.17, 15) is 13.2 Å². The van der Waals surface area contributed by atoms with E-state index in [2.05, 4.69) is 4.72 Å². The quantitative estimate of drug-likeness (QED) is 0.765. The van der Waals surface area contributed by atoms with Gasteiger partial charge < -0.3 is 14.4 Å². The van der Waals surface area contributed by atoms with E-state index < -0.39 is 10.0 Å². The van der Waals surface area contributed by atoms with Crippen LogP contribution in [0.4, 0.5) is 5.69 Å². The van der Waals surface area contributed by atoms with Gasteiger partial charge in [-0.15, -0.1) is 0 Å². The van der Waals surface area contributed by atoms with Crippen LogP contribution in [0.5, 0.6) is 0 Å². The van der Waals surface area contributed by atoms with Crippen LogP contribution in [0.2, 0.25) is 0 Å². The molecule has 8 heteroatoms. The van der Waals surface area contributed by atoms with Gasteiger partial charge in [0.15, 0.2) is 6.29 Å². The fourth-order valence-corrected chi connectivity index (χ4v) is 5.17. The Kier molecular flexibility index (Phi) is 6.31. The zero-order chi connectivity index (χ0) is 22.0. The molecule has 1 atom stereocenters. The van der Waals surface area contributed by atoms with Crippen molar-refractivity contribution < 1.29 is 22.7 Å². The maximum Gasteiger partial charge on any atom is 0.261 e. The van der Waals surface area contributed by atoms with Crippen LogP contribution in [0.1, 0.15) is 34.3 Å². The van der Waals surface area contributed by atoms with Gasteiger partial charge in [0.05, 0.1) is 18.1 Å². The minimum atomic E-state index is -3.70. The molecule has 2 fully saturated rings. The molecular formula is C23H28N2O5S. The molecule has 31 heavy (non-hydrogen) atoms. The van der Waals surface area contributed by atoms with Crippen molar-refractivity contribution in [2.75, 3.05) is 31.0 Å². The lowest BCUT2D eigenvalue weighted by Gasteiger charge is -2.34. The summed E-state index contributed by atoms with van der Waals surface area (Å²) in [4.78, 5) is 15.0. The van der Waals surface area contributed by atoms with Gasteiger partial charge in [-0.1, -0.05) is 6.07 Å². The van der Waals surface area contributed by atoms with Gasteiger partial charge in [0.25, 0.3) is 15.9 Å². The largest absolute Gasteiger partial charge is 0.350 e. The highest BCUT2D eigenvalue weighted by Crippen LogP contribution is 2.26. The van der Waals surface area contributed by atoms with Gasteiger partial charge in [-0.3, -0.25) is 9.52 Å². The molecule has 1 unspecified atom stereocenters. The average molecular weight is 445 g/mol. The van der Waals surface area contributed by atoms with E-state index >= 15 is 0 Å². The number of likely N-dealkylation sites (tertiary alicyclic amines) is 1. The molecule has 0 spiro atoms. The lowest BCUT2D eigenvalue weighted by atomic mass is 9.96. The first-order chi connectivity index (χ1) is 14.8. The molecule has 1 amide bonds. The molecule has 166 valence electrons. The van der Waals surface area contributed by atoms with Crippen molar-refractivity contribution in [2.24, 2.45) is 5.92 Å². The number of amides is 1. The zero-order valence-corrected chi connectivity index (χ0v) is 18.7. The third-order valence-electron chi connectivity index (χ3n) is 5.95. The normalized spacial score (nSPS) is 20.1. The lowest BCUT2D eigenvalue weighted by Crippen LogP contribution is -2.43. The van der Waals surface area contributed by atoms with Gasteiger partial charge in [-0.05, 0) is 74.2 Å². The number of anilines is 1. The van der Waals surface area contributed by atoms with Gasteiger partial charge in [-0.25, -0.2) is 8.42 Å². The molecule has 0 aliphatic carbocycles. The van der Waals surface area contributed by atoms with E-state index in [1.165, 1.54) is 0 Å². The molecule has 2 aromatic carbocycles. The number of hydrogen-bond acceptors (Lipinski definition) is 5. The first kappa shape index (κ1) is 21.8. The van der Waals surface area contributed by atoms with E-state index in [0.717, 1.165) is 24.0 Å². The Labute approximate surface area is 183 Å². The molecule has 7 nitrogen and oxygen atoms in total. The molecule has 4 rings (SSSR count). The summed E-state index contributed by atoms with van der Waals surface area (Å²) >= 11 is 0. The summed E-state index contributed by atoms with van der Waals surface area (Å²) < 4.78 is 39.2. The van der Waals surface area contributed by atoms with Crippen molar-refractivity contribution in [1.29, 1.82) is 0 Å². The molecule has 2 aliphatic heterocycles. The van der Waals surface area contributed by atoms with Crippen LogP contribution in [0.25, 0.3) is 0 Å². The Morgan fingerprint density at radius 1 is 1.03 bits per heavy atom. The highest BCUT2D eigenvalue weighted by Gasteiger charge is 2.33. The number of nitrogens with one attached hydrogen (secondary N) is 1. The number of hydrogen-bond donors (Lipinski definition) is 1. The van der Waals surface area contributed by atoms with E-state index in [1.54, 1.807) is 42.5 Å². The fourth-order valence-electron chi connectivity index (χ4n) is 4.02. The third-order valence-corrected chi connectivity index (χ3v) is 7.33. The summed E-state index contributed by atoms with van der Waals surface area (Å²) in [5, 5.41) is 0. The number of rotatable bonds is 5. The summed E-state index contributed by atoms with van der Waals surface area (Å²) in [6, 6.07) is 11.6. The average Bonchev–Trinajstić information content (AvgIpc) is 3.30. The van der Waals surface area contributed by atoms with Crippen LogP contribution < -0.4 is 4.72 Å². The first-order valence-electron chi connectivity index (χ1n) is 10.6. The summed E-state index contributed by atoms with van der Waals surface area (Å²) in [6.45, 7) is 6.33. The number of carbonyl (C=O) groups is 1. The predicted molar refractivity (Wildman–Crippen MR) is 117 cm³/mol. The molecule has 0 radical (unpaired) electrons. The molecule has 2 aliphatic rings. The molecule has 2 aromatic rings. The predicted octanol–water partition coefficient (Wildman–Crippen LogP) is 3.33. The Bertz CT molecular complexity index is 1050. The van der Waals surface area contributed by atoms with E-state index in [0.29, 0.717) is 37.6 Å². The second-order valence-electron chi connectivity index (χ2n) is 8.19. The molecule has 2 saturated heterocycles. The number of sulfonamides is 1. The monoisotopic (exact) mass is 444 g/mol. The highest BCUT2D eigenvalue weighted by molar-refractivity contribution is 7.92. The van der Waals surface area contributed by atoms with Crippen molar-refractivity contribution in [2.45, 2.75) is 37.9 Å². The summed E-state index contributed by atoms with van der Waals surface area (Å²) in [5.41, 5.74) is 2.90. The van der Waals surface area contributed by atoms with Gasteiger partial charge in [-0.2, -0.15) is 0 Å². The lowest BCUT2D eigenvalue weighted by molar-refractivity contribution is -0.0969. The Morgan fingerprint density at radius 3 is 2.42 bits per heavy atom. The Hall–Kier alpha value is -2.42. The van der Waals surface area contributed by atoms with Crippen molar-refractivity contribution in [3.63, 3.8) is 0 Å². The zero-order valence-electron chi connectivity index (χ0n) is 17.8. The molecule has 0 aromatic heterocycles. The number of piperidine rings is 1. The van der Waals surface area contributed by atoms with E-state index in [1.807, 2.05) is 18.7 Å². The molecule has 2 heterocycles. The maximum atomic E-state index is 13.0. The number of aryl methyl sites for hydroxylation is 2. The number of nitrogens with zero attached hydrogens (tertiary/aromatic N) is 1. The summed E-state index contributed by atoms with van der Waals surface area (Å²) in [5.74, 6) is 0.121. The van der Waals surface area contributed by atoms with Crippen LogP contribution in [0.15, 0.2) is 47.4 Å². The minimum Gasteiger partial charge on any atom is -0.350 e. The highest BCUT2D eigenvalue weighted by atomic mass is 32.2. The van der Waals surface area contributed by atoms with Crippen molar-refractivity contribution >= 4 is 21.6 Å². The van der Waals surface area contributed by atoms with Gasteiger partial charge >= 0.3 is 0 Å². The van der Waals surface area contributed by atoms with Crippen LogP contribution in [0, 0.1) is 19.8 Å². The Balaban J connectivity index is 1.42. The summed E-state index contributed by atoms with van der Waals surface area (Å²) in [6.07, 6.45) is 1.67. The van der Waals surface area contributed by atoms with Crippen molar-refractivity contribution in [1.82, 2.24) is 4.90 Å². The standard InChI is InChI=1S/C23H28N2O5S/c1-16-5-10-21(14-17(16)2)31(27,28)24-20-8-6-18(7-9-20)22(26)25-11-3-4-19(15-25)23-29-12-13-30-23/h5-10,14,19,23-24H,3-4,11-13,15H2,1-2H3. The second-order valence-corrected chi connectivity index (χ2v) is 9.87. The Morgan fingerprint density at radius 2 is 1.74 bits per heavy atom. The topological polar surface area (TPSA) is 84.9 Å². The van der Waals surface area contributed by atoms with Crippen LogP contribution in [0.3, 0.4) is 0 Å². The SMILES string of the molecule is Cc1ccc(S(=O)(=O)Nc2ccc(C(=O)N3CCCC(C4OCCO4)C3)cc2)cc1C.